The number of rotatable bonds is 4. The van der Waals surface area contributed by atoms with E-state index in [4.69, 9.17) is 16.0 Å². The van der Waals surface area contributed by atoms with E-state index in [0.29, 0.717) is 23.0 Å². The van der Waals surface area contributed by atoms with E-state index < -0.39 is 0 Å². The van der Waals surface area contributed by atoms with Crippen LogP contribution < -0.4 is 10.6 Å². The van der Waals surface area contributed by atoms with Crippen LogP contribution in [0.4, 0.5) is 0 Å². The van der Waals surface area contributed by atoms with Gasteiger partial charge in [-0.1, -0.05) is 18.2 Å². The molecule has 156 valence electrons. The van der Waals surface area contributed by atoms with Crippen LogP contribution in [0.15, 0.2) is 69.9 Å². The molecule has 2 aromatic rings. The average molecular weight is 424 g/mol. The van der Waals surface area contributed by atoms with Crippen LogP contribution in [0.5, 0.6) is 0 Å². The summed E-state index contributed by atoms with van der Waals surface area (Å²) in [6, 6.07) is 9.36. The quantitative estimate of drug-likeness (QED) is 0.758. The monoisotopic (exact) mass is 423 g/mol. The van der Waals surface area contributed by atoms with Gasteiger partial charge in [-0.3, -0.25) is 4.79 Å². The summed E-state index contributed by atoms with van der Waals surface area (Å²) in [5, 5.41) is 7.06. The van der Waals surface area contributed by atoms with Gasteiger partial charge in [0.1, 0.15) is 5.76 Å². The van der Waals surface area contributed by atoms with Crippen molar-refractivity contribution < 1.29 is 9.21 Å². The van der Waals surface area contributed by atoms with Crippen LogP contribution in [-0.4, -0.2) is 37.0 Å². The van der Waals surface area contributed by atoms with E-state index in [1.54, 1.807) is 0 Å². The Bertz CT molecular complexity index is 1040. The van der Waals surface area contributed by atoms with Crippen molar-refractivity contribution in [2.45, 2.75) is 20.3 Å². The molecular weight excluding hydrogens is 398 g/mol. The second kappa shape index (κ2) is 8.54. The molecule has 2 aliphatic heterocycles. The number of fused-ring (bicyclic) bond motifs is 1. The largest absolute Gasteiger partial charge is 0.451 e. The van der Waals surface area contributed by atoms with Gasteiger partial charge in [-0.05, 0) is 61.4 Å². The molecule has 3 heterocycles. The second-order valence-electron chi connectivity index (χ2n) is 7.81. The number of benzene rings is 1. The van der Waals surface area contributed by atoms with Gasteiger partial charge in [0, 0.05) is 60.1 Å². The van der Waals surface area contributed by atoms with E-state index in [1.807, 2.05) is 37.3 Å². The van der Waals surface area contributed by atoms with Gasteiger partial charge in [-0.25, -0.2) is 0 Å². The predicted molar refractivity (Wildman–Crippen MR) is 120 cm³/mol. The fourth-order valence-corrected chi connectivity index (χ4v) is 4.04. The summed E-state index contributed by atoms with van der Waals surface area (Å²) in [6.45, 7) is 12.0. The maximum Gasteiger partial charge on any atom is 0.291 e. The van der Waals surface area contributed by atoms with E-state index in [2.05, 4.69) is 35.1 Å². The van der Waals surface area contributed by atoms with Crippen LogP contribution in [0.2, 0.25) is 5.02 Å². The van der Waals surface area contributed by atoms with Gasteiger partial charge >= 0.3 is 0 Å². The normalized spacial score (nSPS) is 17.5. The van der Waals surface area contributed by atoms with E-state index >= 15 is 0 Å². The number of nitrogens with one attached hydrogen (secondary N) is 2. The molecule has 0 aliphatic carbocycles. The Hall–Kier alpha value is -2.76. The Morgan fingerprint density at radius 1 is 1.20 bits per heavy atom. The highest BCUT2D eigenvalue weighted by molar-refractivity contribution is 6.30. The first-order valence-corrected chi connectivity index (χ1v) is 10.5. The Kier molecular flexibility index (Phi) is 5.84. The molecule has 0 unspecified atom stereocenters. The van der Waals surface area contributed by atoms with Crippen LogP contribution in [0, 0.1) is 0 Å². The predicted octanol–water partition coefficient (Wildman–Crippen LogP) is 4.53. The molecule has 0 spiro atoms. The summed E-state index contributed by atoms with van der Waals surface area (Å²) >= 11 is 6.00. The molecule has 1 aromatic heterocycles. The molecule has 0 saturated carbocycles. The molecule has 1 aromatic carbocycles. The van der Waals surface area contributed by atoms with Crippen molar-refractivity contribution in [3.05, 3.63) is 81.9 Å². The number of carbonyl (C=O) groups excluding carboxylic acids is 1. The minimum atomic E-state index is -0.244. The highest BCUT2D eigenvalue weighted by Crippen LogP contribution is 2.32. The van der Waals surface area contributed by atoms with Gasteiger partial charge in [-0.15, -0.1) is 0 Å². The molecule has 6 heteroatoms. The van der Waals surface area contributed by atoms with Crippen molar-refractivity contribution in [2.75, 3.05) is 26.2 Å². The van der Waals surface area contributed by atoms with E-state index in [9.17, 15) is 4.79 Å². The Balaban J connectivity index is 1.71. The van der Waals surface area contributed by atoms with Crippen LogP contribution >= 0.6 is 11.6 Å². The smallest absolute Gasteiger partial charge is 0.291 e. The SMILES string of the molecule is C=C(C)C1=C(/C=C(\C)N2CCNCC2)Cc2cc(-c3ccc(Cl)cc3)oc2C(=O)N1. The lowest BCUT2D eigenvalue weighted by atomic mass is 10.0. The fraction of sp³-hybridized carbons (Fsp3) is 0.292. The Morgan fingerprint density at radius 3 is 2.57 bits per heavy atom. The van der Waals surface area contributed by atoms with E-state index in [-0.39, 0.29) is 5.91 Å². The number of hydrogen-bond donors (Lipinski definition) is 2. The average Bonchev–Trinajstić information content (AvgIpc) is 3.11. The van der Waals surface area contributed by atoms with Gasteiger partial charge in [-0.2, -0.15) is 0 Å². The van der Waals surface area contributed by atoms with Crippen molar-refractivity contribution in [3.8, 4) is 11.3 Å². The lowest BCUT2D eigenvalue weighted by Crippen LogP contribution is -2.42. The number of allylic oxidation sites excluding steroid dienone is 4. The van der Waals surface area contributed by atoms with Crippen LogP contribution in [-0.2, 0) is 6.42 Å². The third-order valence-corrected chi connectivity index (χ3v) is 5.76. The maximum absolute atomic E-state index is 12.9. The highest BCUT2D eigenvalue weighted by atomic mass is 35.5. The number of hydrogen-bond acceptors (Lipinski definition) is 4. The number of furan rings is 1. The van der Waals surface area contributed by atoms with Crippen molar-refractivity contribution in [2.24, 2.45) is 0 Å². The molecule has 30 heavy (non-hydrogen) atoms. The molecule has 1 fully saturated rings. The topological polar surface area (TPSA) is 57.5 Å². The van der Waals surface area contributed by atoms with Gasteiger partial charge in [0.25, 0.3) is 5.91 Å². The molecule has 0 bridgehead atoms. The van der Waals surface area contributed by atoms with Gasteiger partial charge in [0.05, 0.1) is 0 Å². The number of carbonyl (C=O) groups is 1. The lowest BCUT2D eigenvalue weighted by molar-refractivity contribution is 0.0940. The zero-order valence-corrected chi connectivity index (χ0v) is 18.1. The molecular formula is C24H26ClN3O2. The minimum absolute atomic E-state index is 0.244. The van der Waals surface area contributed by atoms with E-state index in [1.165, 1.54) is 5.70 Å². The zero-order valence-electron chi connectivity index (χ0n) is 17.3. The van der Waals surface area contributed by atoms with Gasteiger partial charge in [0.2, 0.25) is 0 Å². The van der Waals surface area contributed by atoms with Crippen molar-refractivity contribution >= 4 is 17.5 Å². The molecule has 1 saturated heterocycles. The molecule has 4 rings (SSSR count). The Labute approximate surface area is 182 Å². The number of nitrogens with zero attached hydrogens (tertiary/aromatic N) is 1. The minimum Gasteiger partial charge on any atom is -0.451 e. The van der Waals surface area contributed by atoms with Crippen LogP contribution in [0.3, 0.4) is 0 Å². The molecule has 0 radical (unpaired) electrons. The maximum atomic E-state index is 12.9. The summed E-state index contributed by atoms with van der Waals surface area (Å²) in [6.07, 6.45) is 2.76. The highest BCUT2D eigenvalue weighted by Gasteiger charge is 2.26. The zero-order chi connectivity index (χ0) is 21.3. The summed E-state index contributed by atoms with van der Waals surface area (Å²) in [5.41, 5.74) is 5.57. The molecule has 0 atom stereocenters. The number of amides is 1. The van der Waals surface area contributed by atoms with E-state index in [0.717, 1.165) is 54.1 Å². The Morgan fingerprint density at radius 2 is 1.90 bits per heavy atom. The van der Waals surface area contributed by atoms with Crippen molar-refractivity contribution in [1.82, 2.24) is 15.5 Å². The number of halogens is 1. The van der Waals surface area contributed by atoms with Crippen LogP contribution in [0.25, 0.3) is 11.3 Å². The molecule has 2 N–H and O–H groups in total. The first-order valence-electron chi connectivity index (χ1n) is 10.2. The first-order chi connectivity index (χ1) is 14.4. The van der Waals surface area contributed by atoms with Gasteiger partial charge < -0.3 is 20.0 Å². The number of piperazine rings is 1. The summed E-state index contributed by atoms with van der Waals surface area (Å²) < 4.78 is 5.97. The fourth-order valence-electron chi connectivity index (χ4n) is 3.92. The third-order valence-electron chi connectivity index (χ3n) is 5.51. The molecule has 2 aliphatic rings. The second-order valence-corrected chi connectivity index (χ2v) is 8.24. The molecule has 5 nitrogen and oxygen atoms in total. The summed E-state index contributed by atoms with van der Waals surface area (Å²) in [7, 11) is 0. The lowest BCUT2D eigenvalue weighted by Gasteiger charge is -2.30. The van der Waals surface area contributed by atoms with Crippen molar-refractivity contribution in [1.29, 1.82) is 0 Å². The summed E-state index contributed by atoms with van der Waals surface area (Å²) in [5.74, 6) is 0.765. The van der Waals surface area contributed by atoms with Gasteiger partial charge in [0.15, 0.2) is 5.76 Å². The standard InChI is InChI=1S/C24H26ClN3O2/c1-15(2)22-18(12-16(3)28-10-8-26-9-11-28)13-19-14-21(30-23(19)24(29)27-22)17-4-6-20(25)7-5-17/h4-7,12,14,26H,1,8-11,13H2,2-3H3,(H,27,29)/b16-12+. The van der Waals surface area contributed by atoms with Crippen LogP contribution in [0.1, 0.15) is 30.0 Å². The van der Waals surface area contributed by atoms with Crippen molar-refractivity contribution in [3.63, 3.8) is 0 Å². The molecule has 1 amide bonds. The first kappa shape index (κ1) is 20.5. The summed E-state index contributed by atoms with van der Waals surface area (Å²) in [4.78, 5) is 15.3. The third kappa shape index (κ3) is 4.23.